The summed E-state index contributed by atoms with van der Waals surface area (Å²) in [5.41, 5.74) is 0. The topological polar surface area (TPSA) is 70.8 Å². The molecule has 1 fully saturated rings. The molecule has 1 N–H and O–H groups in total. The summed E-state index contributed by atoms with van der Waals surface area (Å²) >= 11 is 0. The summed E-state index contributed by atoms with van der Waals surface area (Å²) in [6, 6.07) is 3.68. The van der Waals surface area contributed by atoms with Gasteiger partial charge in [0.1, 0.15) is 11.5 Å². The Hall–Kier alpha value is -2.04. The molecule has 1 unspecified atom stereocenters. The van der Waals surface area contributed by atoms with Gasteiger partial charge in [-0.1, -0.05) is 0 Å². The Bertz CT molecular complexity index is 532. The largest absolute Gasteiger partial charge is 0.481 e. The highest BCUT2D eigenvalue weighted by atomic mass is 16.4. The Morgan fingerprint density at radius 2 is 2.29 bits per heavy atom. The average molecular weight is 291 g/mol. The van der Waals surface area contributed by atoms with Crippen molar-refractivity contribution in [2.24, 2.45) is 5.92 Å². The number of likely N-dealkylation sites (tertiary alicyclic amines) is 1. The zero-order valence-corrected chi connectivity index (χ0v) is 12.2. The molecule has 0 aromatic carbocycles. The second kappa shape index (κ2) is 7.11. The van der Waals surface area contributed by atoms with Crippen molar-refractivity contribution in [2.75, 3.05) is 13.1 Å². The van der Waals surface area contributed by atoms with Crippen LogP contribution < -0.4 is 0 Å². The number of aliphatic carboxylic acids is 1. The molecule has 1 saturated heterocycles. The first kappa shape index (κ1) is 15.4. The van der Waals surface area contributed by atoms with Crippen LogP contribution in [0.2, 0.25) is 0 Å². The Labute approximate surface area is 124 Å². The molecule has 5 heteroatoms. The number of carbonyl (C=O) groups is 2. The molecule has 5 nitrogen and oxygen atoms in total. The molecule has 0 bridgehead atoms. The maximum absolute atomic E-state index is 12.1. The van der Waals surface area contributed by atoms with Crippen molar-refractivity contribution in [3.8, 4) is 0 Å². The van der Waals surface area contributed by atoms with Crippen molar-refractivity contribution < 1.29 is 19.1 Å². The maximum Gasteiger partial charge on any atom is 0.303 e. The van der Waals surface area contributed by atoms with E-state index in [9.17, 15) is 9.59 Å². The predicted molar refractivity (Wildman–Crippen MR) is 78.7 cm³/mol. The van der Waals surface area contributed by atoms with Crippen molar-refractivity contribution in [3.05, 3.63) is 29.7 Å². The minimum absolute atomic E-state index is 0.0379. The lowest BCUT2D eigenvalue weighted by atomic mass is 9.93. The molecule has 0 spiro atoms. The summed E-state index contributed by atoms with van der Waals surface area (Å²) in [5, 5.41) is 8.73. The fourth-order valence-electron chi connectivity index (χ4n) is 2.63. The van der Waals surface area contributed by atoms with Gasteiger partial charge in [0.25, 0.3) is 0 Å². The fourth-order valence-corrected chi connectivity index (χ4v) is 2.63. The summed E-state index contributed by atoms with van der Waals surface area (Å²) in [6.07, 6.45) is 5.95. The molecule has 1 aliphatic rings. The van der Waals surface area contributed by atoms with Gasteiger partial charge in [-0.2, -0.15) is 0 Å². The molecule has 2 heterocycles. The number of nitrogens with zero attached hydrogens (tertiary/aromatic N) is 1. The van der Waals surface area contributed by atoms with Crippen molar-refractivity contribution in [1.82, 2.24) is 4.90 Å². The molecule has 21 heavy (non-hydrogen) atoms. The lowest BCUT2D eigenvalue weighted by molar-refractivity contribution is -0.137. The van der Waals surface area contributed by atoms with Crippen LogP contribution in [0, 0.1) is 12.8 Å². The number of carboxylic acids is 1. The van der Waals surface area contributed by atoms with E-state index in [1.165, 1.54) is 6.08 Å². The molecule has 1 atom stereocenters. The highest BCUT2D eigenvalue weighted by Crippen LogP contribution is 2.21. The highest BCUT2D eigenvalue weighted by molar-refractivity contribution is 5.91. The molecule has 1 amide bonds. The molecule has 1 aliphatic heterocycles. The first-order valence-electron chi connectivity index (χ1n) is 7.30. The maximum atomic E-state index is 12.1. The number of aryl methyl sites for hydroxylation is 1. The van der Waals surface area contributed by atoms with Gasteiger partial charge >= 0.3 is 5.97 Å². The number of piperidine rings is 1. The first-order chi connectivity index (χ1) is 10.0. The van der Waals surface area contributed by atoms with Crippen molar-refractivity contribution >= 4 is 18.0 Å². The van der Waals surface area contributed by atoms with E-state index in [1.807, 2.05) is 19.1 Å². The molecular weight excluding hydrogens is 270 g/mol. The summed E-state index contributed by atoms with van der Waals surface area (Å²) in [4.78, 5) is 24.6. The van der Waals surface area contributed by atoms with E-state index in [0.29, 0.717) is 18.7 Å². The zero-order valence-electron chi connectivity index (χ0n) is 12.2. The standard InChI is InChI=1S/C16H21NO4/c1-12-4-6-14(21-12)7-8-15(18)17-10-2-3-13(11-17)5-9-16(19)20/h4,6-8,13H,2-3,5,9-11H2,1H3,(H,19,20). The van der Waals surface area contributed by atoms with E-state index in [2.05, 4.69) is 0 Å². The van der Waals surface area contributed by atoms with Crippen molar-refractivity contribution in [2.45, 2.75) is 32.6 Å². The summed E-state index contributed by atoms with van der Waals surface area (Å²) in [7, 11) is 0. The van der Waals surface area contributed by atoms with Crippen LogP contribution in [0.25, 0.3) is 6.08 Å². The van der Waals surface area contributed by atoms with Crippen LogP contribution in [0.4, 0.5) is 0 Å². The lowest BCUT2D eigenvalue weighted by Gasteiger charge is -2.31. The second-order valence-electron chi connectivity index (χ2n) is 5.51. The molecule has 114 valence electrons. The Balaban J connectivity index is 1.86. The van der Waals surface area contributed by atoms with E-state index in [4.69, 9.17) is 9.52 Å². The predicted octanol–water partition coefficient (Wildman–Crippen LogP) is 2.70. The molecule has 1 aromatic heterocycles. The summed E-state index contributed by atoms with van der Waals surface area (Å²) in [6.45, 7) is 3.24. The van der Waals surface area contributed by atoms with Crippen LogP contribution in [-0.2, 0) is 9.59 Å². The van der Waals surface area contributed by atoms with Gasteiger partial charge in [-0.05, 0) is 50.3 Å². The number of carbonyl (C=O) groups excluding carboxylic acids is 1. The monoisotopic (exact) mass is 291 g/mol. The SMILES string of the molecule is Cc1ccc(C=CC(=O)N2CCCC(CCC(=O)O)C2)o1. The van der Waals surface area contributed by atoms with Gasteiger partial charge in [0.15, 0.2) is 0 Å². The van der Waals surface area contributed by atoms with Gasteiger partial charge in [-0.25, -0.2) is 0 Å². The molecule has 2 rings (SSSR count). The van der Waals surface area contributed by atoms with Crippen molar-refractivity contribution in [3.63, 3.8) is 0 Å². The third-order valence-electron chi connectivity index (χ3n) is 3.75. The van der Waals surface area contributed by atoms with Gasteiger partial charge in [-0.15, -0.1) is 0 Å². The van der Waals surface area contributed by atoms with Crippen LogP contribution in [-0.4, -0.2) is 35.0 Å². The molecule has 0 saturated carbocycles. The normalized spacial score (nSPS) is 19.1. The van der Waals surface area contributed by atoms with Crippen LogP contribution >= 0.6 is 0 Å². The zero-order chi connectivity index (χ0) is 15.2. The Morgan fingerprint density at radius 1 is 1.48 bits per heavy atom. The van der Waals surface area contributed by atoms with Gasteiger partial charge in [0.05, 0.1) is 0 Å². The van der Waals surface area contributed by atoms with Gasteiger partial charge in [-0.3, -0.25) is 9.59 Å². The minimum Gasteiger partial charge on any atom is -0.481 e. The first-order valence-corrected chi connectivity index (χ1v) is 7.30. The van der Waals surface area contributed by atoms with Crippen LogP contribution in [0.5, 0.6) is 0 Å². The summed E-state index contributed by atoms with van der Waals surface area (Å²) in [5.74, 6) is 0.961. The highest BCUT2D eigenvalue weighted by Gasteiger charge is 2.22. The number of hydrogen-bond acceptors (Lipinski definition) is 3. The number of hydrogen-bond donors (Lipinski definition) is 1. The number of carboxylic acid groups (broad SMARTS) is 1. The van der Waals surface area contributed by atoms with E-state index in [1.54, 1.807) is 11.0 Å². The van der Waals surface area contributed by atoms with Crippen molar-refractivity contribution in [1.29, 1.82) is 0 Å². The third-order valence-corrected chi connectivity index (χ3v) is 3.75. The molecule has 0 aliphatic carbocycles. The second-order valence-corrected chi connectivity index (χ2v) is 5.51. The van der Waals surface area contributed by atoms with E-state index >= 15 is 0 Å². The molecule has 1 aromatic rings. The smallest absolute Gasteiger partial charge is 0.303 e. The van der Waals surface area contributed by atoms with Crippen LogP contribution in [0.1, 0.15) is 37.2 Å². The Kier molecular flexibility index (Phi) is 5.20. The Morgan fingerprint density at radius 3 is 2.95 bits per heavy atom. The van der Waals surface area contributed by atoms with Gasteiger partial charge in [0, 0.05) is 25.6 Å². The quantitative estimate of drug-likeness (QED) is 0.847. The minimum atomic E-state index is -0.772. The van der Waals surface area contributed by atoms with Crippen LogP contribution in [0.3, 0.4) is 0 Å². The van der Waals surface area contributed by atoms with Gasteiger partial charge in [0.2, 0.25) is 5.91 Å². The summed E-state index contributed by atoms with van der Waals surface area (Å²) < 4.78 is 5.38. The molecule has 0 radical (unpaired) electrons. The number of rotatable bonds is 5. The number of furan rings is 1. The van der Waals surface area contributed by atoms with E-state index in [0.717, 1.165) is 25.1 Å². The average Bonchev–Trinajstić information content (AvgIpc) is 2.88. The molecular formula is C16H21NO4. The number of amides is 1. The fraction of sp³-hybridized carbons (Fsp3) is 0.500. The van der Waals surface area contributed by atoms with Gasteiger partial charge < -0.3 is 14.4 Å². The van der Waals surface area contributed by atoms with E-state index in [-0.39, 0.29) is 18.2 Å². The van der Waals surface area contributed by atoms with Crippen LogP contribution in [0.15, 0.2) is 22.6 Å². The third kappa shape index (κ3) is 4.77. The van der Waals surface area contributed by atoms with E-state index < -0.39 is 5.97 Å². The lowest BCUT2D eigenvalue weighted by Crippen LogP contribution is -2.39.